The number of nitrogens with zero attached hydrogens (tertiary/aromatic N) is 9. The molecule has 4 heterocycles. The van der Waals surface area contributed by atoms with E-state index < -0.39 is 0 Å². The summed E-state index contributed by atoms with van der Waals surface area (Å²) in [6.45, 7) is 16.5. The first-order chi connectivity index (χ1) is 22.5. The van der Waals surface area contributed by atoms with E-state index in [0.29, 0.717) is 48.4 Å². The smallest absolute Gasteiger partial charge is 0.257 e. The number of ether oxygens (including phenoxy) is 1. The normalized spacial score (nSPS) is 17.4. The van der Waals surface area contributed by atoms with E-state index in [-0.39, 0.29) is 10.7 Å². The van der Waals surface area contributed by atoms with E-state index >= 15 is 0 Å². The molecule has 2 fully saturated rings. The van der Waals surface area contributed by atoms with Crippen LogP contribution in [0.5, 0.6) is 5.75 Å². The van der Waals surface area contributed by atoms with Gasteiger partial charge in [0.15, 0.2) is 5.82 Å². The van der Waals surface area contributed by atoms with Crippen molar-refractivity contribution in [2.24, 2.45) is 16.5 Å². The molecule has 47 heavy (non-hydrogen) atoms. The van der Waals surface area contributed by atoms with E-state index in [1.54, 1.807) is 31.1 Å². The van der Waals surface area contributed by atoms with Gasteiger partial charge in [-0.3, -0.25) is 9.69 Å². The second kappa shape index (κ2) is 15.3. The quantitative estimate of drug-likeness (QED) is 0.142. The number of fused-ring (bicyclic) bond motifs is 1. The summed E-state index contributed by atoms with van der Waals surface area (Å²) in [7, 11) is 2.12. The highest BCUT2D eigenvalue weighted by Gasteiger charge is 2.24. The van der Waals surface area contributed by atoms with Crippen LogP contribution in [-0.4, -0.2) is 124 Å². The van der Waals surface area contributed by atoms with Gasteiger partial charge in [0.25, 0.3) is 5.91 Å². The second-order valence-corrected chi connectivity index (χ2v) is 14.8. The van der Waals surface area contributed by atoms with E-state index in [1.807, 2.05) is 17.0 Å². The van der Waals surface area contributed by atoms with E-state index in [2.05, 4.69) is 67.4 Å². The predicted octanol–water partition coefficient (Wildman–Crippen LogP) is 3.14. The maximum atomic E-state index is 13.2. The Kier molecular flexibility index (Phi) is 11.1. The molecule has 5 rings (SSSR count). The minimum atomic E-state index is -0.0430. The van der Waals surface area contributed by atoms with Gasteiger partial charge in [0, 0.05) is 99.3 Å². The summed E-state index contributed by atoms with van der Waals surface area (Å²) in [5.74, 6) is 2.27. The highest BCUT2D eigenvalue weighted by molar-refractivity contribution is 8.00. The van der Waals surface area contributed by atoms with Gasteiger partial charge < -0.3 is 30.9 Å². The molecule has 1 amide bonds. The standard InChI is InChI=1S/C33H47N11O2S/c1-23(19-34)29(35)40-30-25-17-28(47-33(2,3)4)27(18-26(25)38-22-39-30)46-16-6-7-42-10-14-43(15-11-42)31(45)24-20-36-32(37-21-24)44-12-8-41(5)9-13-44/h17-22H,6-16,34H2,1-5H3,(H2,35,38,39,40). The van der Waals surface area contributed by atoms with Gasteiger partial charge in [-0.15, -0.1) is 11.8 Å². The lowest BCUT2D eigenvalue weighted by molar-refractivity contribution is 0.0629. The summed E-state index contributed by atoms with van der Waals surface area (Å²) in [5, 5.41) is 0.796. The zero-order chi connectivity index (χ0) is 33.6. The van der Waals surface area contributed by atoms with Crippen molar-refractivity contribution in [1.29, 1.82) is 0 Å². The summed E-state index contributed by atoms with van der Waals surface area (Å²) in [6, 6.07) is 3.99. The number of aromatic nitrogens is 4. The van der Waals surface area contributed by atoms with Gasteiger partial charge in [-0.25, -0.2) is 24.9 Å². The van der Waals surface area contributed by atoms with E-state index in [0.717, 1.165) is 73.8 Å². The van der Waals surface area contributed by atoms with Gasteiger partial charge >= 0.3 is 0 Å². The number of likely N-dealkylation sites (N-methyl/N-ethyl adjacent to an activating group) is 1. The monoisotopic (exact) mass is 661 g/mol. The maximum Gasteiger partial charge on any atom is 0.257 e. The molecule has 14 heteroatoms. The average molecular weight is 662 g/mol. The predicted molar refractivity (Wildman–Crippen MR) is 189 cm³/mol. The molecule has 0 spiro atoms. The lowest BCUT2D eigenvalue weighted by Gasteiger charge is -2.35. The largest absolute Gasteiger partial charge is 0.492 e. The first-order valence-corrected chi connectivity index (χ1v) is 16.9. The number of rotatable bonds is 10. The number of nitrogens with two attached hydrogens (primary N) is 2. The lowest BCUT2D eigenvalue weighted by atomic mass is 10.2. The van der Waals surface area contributed by atoms with Crippen LogP contribution in [0, 0.1) is 0 Å². The Morgan fingerprint density at radius 2 is 1.72 bits per heavy atom. The van der Waals surface area contributed by atoms with Gasteiger partial charge in [-0.2, -0.15) is 0 Å². The number of hydrogen-bond donors (Lipinski definition) is 2. The first-order valence-electron chi connectivity index (χ1n) is 16.1. The van der Waals surface area contributed by atoms with Crippen molar-refractivity contribution in [3.8, 4) is 5.75 Å². The SMILES string of the molecule is CC(=CN)C(N)=Nc1ncnc2cc(OCCCN3CCN(C(=O)c4cnc(N5CCN(C)CC5)nc4)CC3)c(SC(C)(C)C)cc12. The van der Waals surface area contributed by atoms with Crippen LogP contribution in [0.3, 0.4) is 0 Å². The second-order valence-electron chi connectivity index (χ2n) is 13.0. The molecule has 2 aliphatic rings. The van der Waals surface area contributed by atoms with E-state index in [1.165, 1.54) is 12.5 Å². The van der Waals surface area contributed by atoms with Crippen LogP contribution in [0.15, 0.2) is 52.5 Å². The molecule has 252 valence electrons. The highest BCUT2D eigenvalue weighted by atomic mass is 32.2. The number of benzene rings is 1. The third-order valence-corrected chi connectivity index (χ3v) is 9.33. The van der Waals surface area contributed by atoms with Crippen molar-refractivity contribution in [2.45, 2.75) is 43.8 Å². The Hall–Kier alpha value is -4.01. The third-order valence-electron chi connectivity index (χ3n) is 8.18. The molecule has 3 aromatic rings. The fraction of sp³-hybridized carbons (Fsp3) is 0.515. The van der Waals surface area contributed by atoms with Crippen molar-refractivity contribution in [1.82, 2.24) is 34.6 Å². The molecule has 0 unspecified atom stereocenters. The first kappa shape index (κ1) is 34.3. The van der Waals surface area contributed by atoms with Gasteiger partial charge in [-0.1, -0.05) is 20.8 Å². The Labute approximate surface area is 281 Å². The molecule has 0 aliphatic carbocycles. The van der Waals surface area contributed by atoms with Crippen LogP contribution in [-0.2, 0) is 0 Å². The van der Waals surface area contributed by atoms with Crippen LogP contribution >= 0.6 is 11.8 Å². The Bertz CT molecular complexity index is 1590. The molecule has 4 N–H and O–H groups in total. The summed E-state index contributed by atoms with van der Waals surface area (Å²) < 4.78 is 6.31. The van der Waals surface area contributed by atoms with Gasteiger partial charge in [-0.05, 0) is 26.5 Å². The Balaban J connectivity index is 1.14. The summed E-state index contributed by atoms with van der Waals surface area (Å²) in [4.78, 5) is 45.3. The molecule has 2 aliphatic heterocycles. The van der Waals surface area contributed by atoms with Crippen LogP contribution in [0.25, 0.3) is 10.9 Å². The molecule has 1 aromatic carbocycles. The molecule has 0 bridgehead atoms. The van der Waals surface area contributed by atoms with Gasteiger partial charge in [0.05, 0.1) is 22.6 Å². The average Bonchev–Trinajstić information content (AvgIpc) is 3.06. The topological polar surface area (TPSA) is 155 Å². The number of amidine groups is 1. The van der Waals surface area contributed by atoms with Crippen molar-refractivity contribution in [3.63, 3.8) is 0 Å². The van der Waals surface area contributed by atoms with Crippen molar-refractivity contribution in [3.05, 3.63) is 48.2 Å². The molecule has 13 nitrogen and oxygen atoms in total. The number of thioether (sulfide) groups is 1. The Morgan fingerprint density at radius 3 is 2.38 bits per heavy atom. The number of amides is 1. The van der Waals surface area contributed by atoms with E-state index in [4.69, 9.17) is 16.2 Å². The highest BCUT2D eigenvalue weighted by Crippen LogP contribution is 2.41. The molecule has 2 saturated heterocycles. The molecule has 0 radical (unpaired) electrons. The number of anilines is 1. The molecular formula is C33H47N11O2S. The molecular weight excluding hydrogens is 615 g/mol. The fourth-order valence-electron chi connectivity index (χ4n) is 5.38. The van der Waals surface area contributed by atoms with Gasteiger partial charge in [0.1, 0.15) is 17.9 Å². The summed E-state index contributed by atoms with van der Waals surface area (Å²) >= 11 is 1.72. The lowest BCUT2D eigenvalue weighted by Crippen LogP contribution is -2.49. The Morgan fingerprint density at radius 1 is 1.02 bits per heavy atom. The fourth-order valence-corrected chi connectivity index (χ4v) is 6.43. The molecule has 0 atom stereocenters. The van der Waals surface area contributed by atoms with Gasteiger partial charge in [0.2, 0.25) is 5.95 Å². The van der Waals surface area contributed by atoms with E-state index in [9.17, 15) is 4.79 Å². The maximum absolute atomic E-state index is 13.2. The van der Waals surface area contributed by atoms with Crippen molar-refractivity contribution >= 4 is 46.2 Å². The van der Waals surface area contributed by atoms with Crippen LogP contribution in [0.4, 0.5) is 11.8 Å². The van der Waals surface area contributed by atoms with Crippen molar-refractivity contribution < 1.29 is 9.53 Å². The van der Waals surface area contributed by atoms with Crippen LogP contribution in [0.1, 0.15) is 44.5 Å². The molecule has 0 saturated carbocycles. The number of piperazine rings is 2. The minimum absolute atomic E-state index is 0.00980. The minimum Gasteiger partial charge on any atom is -0.492 e. The number of hydrogen-bond acceptors (Lipinski definition) is 12. The summed E-state index contributed by atoms with van der Waals surface area (Å²) in [6.07, 6.45) is 7.10. The number of carbonyl (C=O) groups is 1. The third kappa shape index (κ3) is 9.08. The van der Waals surface area contributed by atoms with Crippen LogP contribution in [0.2, 0.25) is 0 Å². The molecule has 2 aromatic heterocycles. The number of aliphatic imine (C=N–C) groups is 1. The number of carbonyl (C=O) groups excluding carboxylic acids is 1. The zero-order valence-corrected chi connectivity index (χ0v) is 29.0. The summed E-state index contributed by atoms with van der Waals surface area (Å²) in [5.41, 5.74) is 13.7. The van der Waals surface area contributed by atoms with Crippen LogP contribution < -0.4 is 21.1 Å². The zero-order valence-electron chi connectivity index (χ0n) is 28.1. The van der Waals surface area contributed by atoms with Crippen molar-refractivity contribution in [2.75, 3.05) is 77.5 Å².